The van der Waals surface area contributed by atoms with Gasteiger partial charge in [0.05, 0.1) is 12.0 Å². The van der Waals surface area contributed by atoms with E-state index in [0.717, 1.165) is 24.0 Å². The first-order chi connectivity index (χ1) is 7.81. The molecule has 3 nitrogen and oxygen atoms in total. The van der Waals surface area contributed by atoms with Crippen LogP contribution in [0.1, 0.15) is 19.8 Å². The van der Waals surface area contributed by atoms with Crippen molar-refractivity contribution in [1.29, 1.82) is 0 Å². The molecule has 0 aliphatic rings. The topological polar surface area (TPSA) is 39.4 Å². The maximum absolute atomic E-state index is 11.0. The van der Waals surface area contributed by atoms with Crippen LogP contribution in [-0.2, 0) is 0 Å². The third kappa shape index (κ3) is 2.24. The fourth-order valence-electron chi connectivity index (χ4n) is 1.52. The van der Waals surface area contributed by atoms with Crippen LogP contribution < -0.4 is 10.4 Å². The monoisotopic (exact) mass is 218 g/mol. The lowest BCUT2D eigenvalue weighted by molar-refractivity contribution is 0.312. The van der Waals surface area contributed by atoms with Gasteiger partial charge in [0.1, 0.15) is 11.3 Å². The minimum absolute atomic E-state index is 0.335. The van der Waals surface area contributed by atoms with Crippen LogP contribution in [0.25, 0.3) is 11.0 Å². The zero-order valence-electron chi connectivity index (χ0n) is 9.23. The number of unbranched alkanes of at least 4 members (excludes halogenated alkanes) is 1. The first-order valence-corrected chi connectivity index (χ1v) is 5.47. The van der Waals surface area contributed by atoms with Crippen LogP contribution >= 0.6 is 0 Å². The number of fused-ring (bicyclic) bond motifs is 1. The van der Waals surface area contributed by atoms with Crippen molar-refractivity contribution in [3.63, 3.8) is 0 Å². The van der Waals surface area contributed by atoms with Gasteiger partial charge in [-0.1, -0.05) is 19.4 Å². The molecule has 0 aliphatic carbocycles. The molecule has 84 valence electrons. The average molecular weight is 218 g/mol. The van der Waals surface area contributed by atoms with Gasteiger partial charge in [-0.2, -0.15) is 0 Å². The molecule has 1 aromatic heterocycles. The Labute approximate surface area is 93.7 Å². The fourth-order valence-corrected chi connectivity index (χ4v) is 1.52. The highest BCUT2D eigenvalue weighted by atomic mass is 16.5. The Morgan fingerprint density at radius 3 is 2.94 bits per heavy atom. The van der Waals surface area contributed by atoms with Crippen molar-refractivity contribution in [3.8, 4) is 5.75 Å². The Hall–Kier alpha value is -1.77. The van der Waals surface area contributed by atoms with E-state index in [0.29, 0.717) is 12.2 Å². The lowest BCUT2D eigenvalue weighted by atomic mass is 10.2. The van der Waals surface area contributed by atoms with Crippen LogP contribution in [0, 0.1) is 0 Å². The first kappa shape index (κ1) is 10.7. The Balaban J connectivity index is 2.34. The van der Waals surface area contributed by atoms with Gasteiger partial charge in [0.15, 0.2) is 0 Å². The van der Waals surface area contributed by atoms with Crippen molar-refractivity contribution in [2.75, 3.05) is 6.61 Å². The molecular formula is C13H14O3. The standard InChI is InChI=1S/C13H14O3/c1-2-3-9-15-11-5-4-6-12-10(11)7-8-13(14)16-12/h4-8H,2-3,9H2,1H3. The van der Waals surface area contributed by atoms with E-state index < -0.39 is 0 Å². The summed E-state index contributed by atoms with van der Waals surface area (Å²) in [5.74, 6) is 0.773. The molecule has 0 saturated heterocycles. The molecule has 0 saturated carbocycles. The lowest BCUT2D eigenvalue weighted by Crippen LogP contribution is -1.99. The minimum Gasteiger partial charge on any atom is -0.493 e. The Morgan fingerprint density at radius 2 is 2.12 bits per heavy atom. The maximum Gasteiger partial charge on any atom is 0.336 e. The molecular weight excluding hydrogens is 204 g/mol. The summed E-state index contributed by atoms with van der Waals surface area (Å²) < 4.78 is 10.7. The number of ether oxygens (including phenoxy) is 1. The maximum atomic E-state index is 11.0. The van der Waals surface area contributed by atoms with Crippen LogP contribution in [-0.4, -0.2) is 6.61 Å². The van der Waals surface area contributed by atoms with Crippen molar-refractivity contribution in [3.05, 3.63) is 40.8 Å². The summed E-state index contributed by atoms with van der Waals surface area (Å²) in [5, 5.41) is 0.846. The Kier molecular flexibility index (Phi) is 3.25. The summed E-state index contributed by atoms with van der Waals surface area (Å²) in [6.07, 6.45) is 2.12. The third-order valence-electron chi connectivity index (χ3n) is 2.38. The second-order valence-corrected chi connectivity index (χ2v) is 3.62. The van der Waals surface area contributed by atoms with Gasteiger partial charge in [-0.25, -0.2) is 4.79 Å². The highest BCUT2D eigenvalue weighted by molar-refractivity contribution is 5.83. The summed E-state index contributed by atoms with van der Waals surface area (Å²) in [6, 6.07) is 8.63. The van der Waals surface area contributed by atoms with E-state index in [-0.39, 0.29) is 5.63 Å². The van der Waals surface area contributed by atoms with Crippen molar-refractivity contribution in [1.82, 2.24) is 0 Å². The second-order valence-electron chi connectivity index (χ2n) is 3.62. The quantitative estimate of drug-likeness (QED) is 0.585. The van der Waals surface area contributed by atoms with E-state index in [1.165, 1.54) is 6.07 Å². The predicted molar refractivity (Wildman–Crippen MR) is 62.9 cm³/mol. The summed E-state index contributed by atoms with van der Waals surface area (Å²) in [5.41, 5.74) is 0.236. The summed E-state index contributed by atoms with van der Waals surface area (Å²) in [7, 11) is 0. The van der Waals surface area contributed by atoms with Gasteiger partial charge in [-0.15, -0.1) is 0 Å². The largest absolute Gasteiger partial charge is 0.493 e. The zero-order chi connectivity index (χ0) is 11.4. The van der Waals surface area contributed by atoms with Gasteiger partial charge in [0, 0.05) is 6.07 Å². The number of hydrogen-bond acceptors (Lipinski definition) is 3. The van der Waals surface area contributed by atoms with E-state index in [9.17, 15) is 4.79 Å². The van der Waals surface area contributed by atoms with Crippen LogP contribution in [0.3, 0.4) is 0 Å². The smallest absolute Gasteiger partial charge is 0.336 e. The summed E-state index contributed by atoms with van der Waals surface area (Å²) in [6.45, 7) is 2.81. The minimum atomic E-state index is -0.335. The molecule has 3 heteroatoms. The average Bonchev–Trinajstić information content (AvgIpc) is 2.29. The van der Waals surface area contributed by atoms with Gasteiger partial charge in [0.25, 0.3) is 0 Å². The SMILES string of the molecule is CCCCOc1cccc2oc(=O)ccc12. The lowest BCUT2D eigenvalue weighted by Gasteiger charge is -2.07. The first-order valence-electron chi connectivity index (χ1n) is 5.47. The Morgan fingerprint density at radius 1 is 1.25 bits per heavy atom. The zero-order valence-corrected chi connectivity index (χ0v) is 9.23. The highest BCUT2D eigenvalue weighted by Crippen LogP contribution is 2.24. The molecule has 0 fully saturated rings. The van der Waals surface area contributed by atoms with Crippen molar-refractivity contribution in [2.24, 2.45) is 0 Å². The molecule has 0 bridgehead atoms. The third-order valence-corrected chi connectivity index (χ3v) is 2.38. The van der Waals surface area contributed by atoms with Gasteiger partial charge in [-0.05, 0) is 24.6 Å². The molecule has 0 amide bonds. The molecule has 0 radical (unpaired) electrons. The molecule has 0 N–H and O–H groups in total. The van der Waals surface area contributed by atoms with Crippen LogP contribution in [0.15, 0.2) is 39.5 Å². The van der Waals surface area contributed by atoms with Crippen LogP contribution in [0.2, 0.25) is 0 Å². The molecule has 1 heterocycles. The van der Waals surface area contributed by atoms with Gasteiger partial charge in [-0.3, -0.25) is 0 Å². The molecule has 0 unspecified atom stereocenters. The van der Waals surface area contributed by atoms with Crippen LogP contribution in [0.4, 0.5) is 0 Å². The predicted octanol–water partition coefficient (Wildman–Crippen LogP) is 2.97. The molecule has 1 aromatic carbocycles. The van der Waals surface area contributed by atoms with Crippen molar-refractivity contribution in [2.45, 2.75) is 19.8 Å². The molecule has 0 spiro atoms. The number of rotatable bonds is 4. The number of benzene rings is 1. The molecule has 2 aromatic rings. The molecule has 0 aliphatic heterocycles. The Bertz CT molecular complexity index is 528. The fraction of sp³-hybridized carbons (Fsp3) is 0.308. The van der Waals surface area contributed by atoms with E-state index >= 15 is 0 Å². The van der Waals surface area contributed by atoms with Crippen molar-refractivity contribution < 1.29 is 9.15 Å². The van der Waals surface area contributed by atoms with E-state index in [1.54, 1.807) is 12.1 Å². The van der Waals surface area contributed by atoms with Gasteiger partial charge in [0.2, 0.25) is 0 Å². The van der Waals surface area contributed by atoms with E-state index in [1.807, 2.05) is 12.1 Å². The summed E-state index contributed by atoms with van der Waals surface area (Å²) >= 11 is 0. The molecule has 16 heavy (non-hydrogen) atoms. The molecule has 2 rings (SSSR count). The normalized spacial score (nSPS) is 10.6. The van der Waals surface area contributed by atoms with Crippen LogP contribution in [0.5, 0.6) is 5.75 Å². The molecule has 0 atom stereocenters. The van der Waals surface area contributed by atoms with E-state index in [4.69, 9.17) is 9.15 Å². The highest BCUT2D eigenvalue weighted by Gasteiger charge is 2.03. The number of hydrogen-bond donors (Lipinski definition) is 0. The van der Waals surface area contributed by atoms with Gasteiger partial charge >= 0.3 is 5.63 Å². The van der Waals surface area contributed by atoms with E-state index in [2.05, 4.69) is 6.92 Å². The second kappa shape index (κ2) is 4.84. The van der Waals surface area contributed by atoms with Crippen molar-refractivity contribution >= 4 is 11.0 Å². The van der Waals surface area contributed by atoms with Gasteiger partial charge < -0.3 is 9.15 Å². The summed E-state index contributed by atoms with van der Waals surface area (Å²) in [4.78, 5) is 11.0.